The highest BCUT2D eigenvalue weighted by atomic mass is 16.5. The molecule has 0 saturated heterocycles. The van der Waals surface area contributed by atoms with E-state index in [2.05, 4.69) is 44.4 Å². The first-order valence-corrected chi connectivity index (χ1v) is 13.7. The van der Waals surface area contributed by atoms with Gasteiger partial charge in [-0.05, 0) is 98.6 Å². The van der Waals surface area contributed by atoms with Crippen molar-refractivity contribution in [3.63, 3.8) is 0 Å². The van der Waals surface area contributed by atoms with Crippen molar-refractivity contribution in [1.82, 2.24) is 9.97 Å². The molecule has 2 heterocycles. The molecule has 5 nitrogen and oxygen atoms in total. The molecule has 0 spiro atoms. The Morgan fingerprint density at radius 2 is 1.68 bits per heavy atom. The van der Waals surface area contributed by atoms with Crippen molar-refractivity contribution in [2.24, 2.45) is 5.73 Å². The van der Waals surface area contributed by atoms with E-state index in [9.17, 15) is 4.79 Å². The molecule has 0 unspecified atom stereocenters. The zero-order valence-corrected chi connectivity index (χ0v) is 23.3. The Morgan fingerprint density at radius 1 is 0.950 bits per heavy atom. The van der Waals surface area contributed by atoms with Gasteiger partial charge in [-0.2, -0.15) is 0 Å². The second-order valence-corrected chi connectivity index (χ2v) is 10.7. The van der Waals surface area contributed by atoms with Gasteiger partial charge in [-0.3, -0.25) is 9.78 Å². The average Bonchev–Trinajstić information content (AvgIpc) is 2.95. The number of pyridine rings is 2. The minimum Gasteiger partial charge on any atom is -0.473 e. The summed E-state index contributed by atoms with van der Waals surface area (Å²) in [5.74, 6) is 0.0684. The lowest BCUT2D eigenvalue weighted by Crippen LogP contribution is -2.10. The number of carbonyl (C=O) groups excluding carboxylic acids is 1. The van der Waals surface area contributed by atoms with Gasteiger partial charge in [0.25, 0.3) is 0 Å². The summed E-state index contributed by atoms with van der Waals surface area (Å²) in [6.45, 7) is 13.1. The Kier molecular flexibility index (Phi) is 7.92. The quantitative estimate of drug-likeness (QED) is 0.214. The van der Waals surface area contributed by atoms with Crippen molar-refractivity contribution in [2.75, 3.05) is 0 Å². The Morgan fingerprint density at radius 3 is 2.40 bits per heavy atom. The predicted octanol–water partition coefficient (Wildman–Crippen LogP) is 7.62. The maximum atomic E-state index is 11.4. The van der Waals surface area contributed by atoms with Crippen LogP contribution in [0.15, 0.2) is 85.1 Å². The molecule has 0 bridgehead atoms. The van der Waals surface area contributed by atoms with Crippen LogP contribution >= 0.6 is 0 Å². The Balaban J connectivity index is 1.49. The van der Waals surface area contributed by atoms with Crippen LogP contribution in [-0.2, 0) is 19.4 Å². The van der Waals surface area contributed by atoms with Crippen molar-refractivity contribution >= 4 is 28.5 Å². The number of primary amides is 1. The number of rotatable bonds is 10. The zero-order valence-electron chi connectivity index (χ0n) is 23.3. The summed E-state index contributed by atoms with van der Waals surface area (Å²) in [6, 6.07) is 17.5. The lowest BCUT2D eigenvalue weighted by atomic mass is 9.86. The van der Waals surface area contributed by atoms with Gasteiger partial charge in [0, 0.05) is 34.3 Å². The summed E-state index contributed by atoms with van der Waals surface area (Å²) in [4.78, 5) is 21.1. The standard InChI is InChI=1S/C35H35N3O2/c1-22(2)8-9-23(3)20-31-29(16-17-32(38-31)40-21-25-10-12-28(13-11-25)35(36)39)24(4)30-15-14-26-6-5-7-27-18-19-37-34(30)33(26)27/h10-20H,1,4-9,21H2,2-3H3,(H2,36,39)/b23-20-. The maximum Gasteiger partial charge on any atom is 0.248 e. The minimum absolute atomic E-state index is 0.322. The molecular formula is C35H35N3O2. The summed E-state index contributed by atoms with van der Waals surface area (Å²) in [5.41, 5.74) is 16.5. The van der Waals surface area contributed by atoms with Gasteiger partial charge in [-0.25, -0.2) is 4.98 Å². The van der Waals surface area contributed by atoms with E-state index in [4.69, 9.17) is 20.4 Å². The van der Waals surface area contributed by atoms with Crippen LogP contribution in [0.3, 0.4) is 0 Å². The normalized spacial score (nSPS) is 12.8. The van der Waals surface area contributed by atoms with Crippen LogP contribution in [-0.4, -0.2) is 15.9 Å². The molecule has 0 aliphatic heterocycles. The van der Waals surface area contributed by atoms with Gasteiger partial charge in [0.15, 0.2) is 0 Å². The molecule has 0 radical (unpaired) electrons. The predicted molar refractivity (Wildman–Crippen MR) is 163 cm³/mol. The Bertz CT molecular complexity index is 1640. The number of aryl methyl sites for hydroxylation is 2. The van der Waals surface area contributed by atoms with Crippen LogP contribution in [0.4, 0.5) is 0 Å². The van der Waals surface area contributed by atoms with Crippen LogP contribution in [0.25, 0.3) is 22.6 Å². The highest BCUT2D eigenvalue weighted by Crippen LogP contribution is 2.36. The van der Waals surface area contributed by atoms with Crippen molar-refractivity contribution < 1.29 is 9.53 Å². The van der Waals surface area contributed by atoms with Crippen LogP contribution in [0.5, 0.6) is 5.88 Å². The topological polar surface area (TPSA) is 78.1 Å². The lowest BCUT2D eigenvalue weighted by Gasteiger charge is -2.20. The van der Waals surface area contributed by atoms with E-state index < -0.39 is 5.91 Å². The van der Waals surface area contributed by atoms with Crippen molar-refractivity contribution in [3.8, 4) is 5.88 Å². The van der Waals surface area contributed by atoms with Gasteiger partial charge in [0.2, 0.25) is 11.8 Å². The third-order valence-corrected chi connectivity index (χ3v) is 7.46. The molecule has 0 atom stereocenters. The molecular weight excluding hydrogens is 494 g/mol. The number of hydrogen-bond acceptors (Lipinski definition) is 4. The van der Waals surface area contributed by atoms with Crippen LogP contribution in [0, 0.1) is 0 Å². The molecule has 0 saturated carbocycles. The molecule has 202 valence electrons. The Labute approximate surface area is 236 Å². The van der Waals surface area contributed by atoms with E-state index in [0.29, 0.717) is 18.1 Å². The number of ether oxygens (including phenoxy) is 1. The molecule has 4 aromatic rings. The minimum atomic E-state index is -0.450. The van der Waals surface area contributed by atoms with Gasteiger partial charge in [0.05, 0.1) is 11.2 Å². The number of amides is 1. The fourth-order valence-corrected chi connectivity index (χ4v) is 5.23. The number of carbonyl (C=O) groups is 1. The fraction of sp³-hybridized carbons (Fsp3) is 0.229. The van der Waals surface area contributed by atoms with E-state index in [1.165, 1.54) is 28.5 Å². The molecule has 1 aliphatic rings. The number of aromatic nitrogens is 2. The number of allylic oxidation sites excluding steroid dienone is 2. The molecule has 0 fully saturated rings. The van der Waals surface area contributed by atoms with E-state index in [1.54, 1.807) is 12.1 Å². The zero-order chi connectivity index (χ0) is 28.2. The first-order chi connectivity index (χ1) is 19.3. The van der Waals surface area contributed by atoms with Crippen molar-refractivity contribution in [2.45, 2.75) is 52.6 Å². The van der Waals surface area contributed by atoms with Crippen LogP contribution in [0.1, 0.15) is 77.0 Å². The molecule has 40 heavy (non-hydrogen) atoms. The number of hydrogen-bond donors (Lipinski definition) is 1. The maximum absolute atomic E-state index is 11.4. The molecule has 1 amide bonds. The summed E-state index contributed by atoms with van der Waals surface area (Å²) >= 11 is 0. The largest absolute Gasteiger partial charge is 0.473 e. The number of nitrogens with two attached hydrogens (primary N) is 1. The first kappa shape index (κ1) is 27.1. The smallest absolute Gasteiger partial charge is 0.248 e. The number of benzene rings is 2. The number of nitrogens with zero attached hydrogens (tertiary/aromatic N) is 2. The molecule has 5 heteroatoms. The fourth-order valence-electron chi connectivity index (χ4n) is 5.23. The average molecular weight is 530 g/mol. The van der Waals surface area contributed by atoms with E-state index in [0.717, 1.165) is 64.7 Å². The molecule has 2 aromatic carbocycles. The molecule has 1 aliphatic carbocycles. The van der Waals surface area contributed by atoms with Gasteiger partial charge in [0.1, 0.15) is 6.61 Å². The summed E-state index contributed by atoms with van der Waals surface area (Å²) in [7, 11) is 0. The summed E-state index contributed by atoms with van der Waals surface area (Å²) in [5, 5.41) is 1.28. The first-order valence-electron chi connectivity index (χ1n) is 13.7. The van der Waals surface area contributed by atoms with E-state index in [1.807, 2.05) is 37.4 Å². The van der Waals surface area contributed by atoms with Crippen LogP contribution in [0.2, 0.25) is 0 Å². The highest BCUT2D eigenvalue weighted by molar-refractivity contribution is 5.99. The summed E-state index contributed by atoms with van der Waals surface area (Å²) < 4.78 is 6.06. The second-order valence-electron chi connectivity index (χ2n) is 10.7. The van der Waals surface area contributed by atoms with Crippen molar-refractivity contribution in [1.29, 1.82) is 0 Å². The molecule has 2 aromatic heterocycles. The van der Waals surface area contributed by atoms with Gasteiger partial charge in [-0.1, -0.05) is 42.0 Å². The lowest BCUT2D eigenvalue weighted by molar-refractivity contribution is 0.1000. The van der Waals surface area contributed by atoms with Gasteiger partial charge >= 0.3 is 0 Å². The van der Waals surface area contributed by atoms with Crippen molar-refractivity contribution in [3.05, 3.63) is 124 Å². The van der Waals surface area contributed by atoms with E-state index in [-0.39, 0.29) is 0 Å². The third kappa shape index (κ3) is 5.89. The van der Waals surface area contributed by atoms with Gasteiger partial charge in [-0.15, -0.1) is 6.58 Å². The highest BCUT2D eigenvalue weighted by Gasteiger charge is 2.19. The van der Waals surface area contributed by atoms with E-state index >= 15 is 0 Å². The van der Waals surface area contributed by atoms with Crippen LogP contribution < -0.4 is 10.5 Å². The SMILES string of the molecule is C=C(C)CC/C(C)=C\c1nc(OCc2ccc(C(N)=O)cc2)ccc1C(=C)c1ccc2c3c(ccnc13)CCC2. The molecule has 5 rings (SSSR count). The summed E-state index contributed by atoms with van der Waals surface area (Å²) in [6.07, 6.45) is 9.20. The van der Waals surface area contributed by atoms with Gasteiger partial charge < -0.3 is 10.5 Å². The second kappa shape index (κ2) is 11.7. The monoisotopic (exact) mass is 529 g/mol. The third-order valence-electron chi connectivity index (χ3n) is 7.46. The Hall–Kier alpha value is -4.51. The molecule has 2 N–H and O–H groups in total.